The molecule has 2 rings (SSSR count). The van der Waals surface area contributed by atoms with Crippen molar-refractivity contribution in [2.75, 3.05) is 11.9 Å². The Kier molecular flexibility index (Phi) is 4.49. The minimum absolute atomic E-state index is 0.0344. The number of benzene rings is 1. The Morgan fingerprint density at radius 1 is 1.15 bits per heavy atom. The highest BCUT2D eigenvalue weighted by molar-refractivity contribution is 6.32. The van der Waals surface area contributed by atoms with Gasteiger partial charge >= 0.3 is 6.18 Å². The molecule has 0 spiro atoms. The number of alkyl halides is 3. The van der Waals surface area contributed by atoms with Gasteiger partial charge in [-0.05, 0) is 18.1 Å². The molecule has 1 aromatic heterocycles. The van der Waals surface area contributed by atoms with E-state index in [-0.39, 0.29) is 10.8 Å². The summed E-state index contributed by atoms with van der Waals surface area (Å²) in [5.41, 5.74) is 0.277. The van der Waals surface area contributed by atoms with Gasteiger partial charge in [0.25, 0.3) is 0 Å². The van der Waals surface area contributed by atoms with Crippen LogP contribution in [-0.4, -0.2) is 11.5 Å². The number of pyridine rings is 1. The van der Waals surface area contributed by atoms with Crippen LogP contribution in [0.5, 0.6) is 0 Å². The molecule has 0 saturated carbocycles. The van der Waals surface area contributed by atoms with Crippen LogP contribution in [0.15, 0.2) is 42.6 Å². The molecule has 0 unspecified atom stereocenters. The van der Waals surface area contributed by atoms with E-state index in [0.717, 1.165) is 24.2 Å². The predicted molar refractivity (Wildman–Crippen MR) is 72.9 cm³/mol. The van der Waals surface area contributed by atoms with Gasteiger partial charge in [0, 0.05) is 12.7 Å². The van der Waals surface area contributed by atoms with Crippen molar-refractivity contribution in [2.45, 2.75) is 12.6 Å². The number of anilines is 1. The van der Waals surface area contributed by atoms with Crippen molar-refractivity contribution in [2.24, 2.45) is 0 Å². The first-order chi connectivity index (χ1) is 9.47. The third-order valence-electron chi connectivity index (χ3n) is 2.72. The van der Waals surface area contributed by atoms with Crippen molar-refractivity contribution in [3.05, 3.63) is 58.7 Å². The minimum atomic E-state index is -4.43. The monoisotopic (exact) mass is 300 g/mol. The Morgan fingerprint density at radius 3 is 2.45 bits per heavy atom. The topological polar surface area (TPSA) is 24.9 Å². The standard InChI is InChI=1S/C14H12ClF3N2/c15-12-8-11(14(16,17)18)9-20-13(12)19-7-6-10-4-2-1-3-5-10/h1-5,8-9H,6-7H2,(H,19,20). The quantitative estimate of drug-likeness (QED) is 0.905. The lowest BCUT2D eigenvalue weighted by atomic mass is 10.1. The molecule has 0 aliphatic heterocycles. The Balaban J connectivity index is 1.97. The number of aromatic nitrogens is 1. The molecule has 0 atom stereocenters. The third-order valence-corrected chi connectivity index (χ3v) is 3.01. The van der Waals surface area contributed by atoms with E-state index < -0.39 is 11.7 Å². The summed E-state index contributed by atoms with van der Waals surface area (Å²) in [6.45, 7) is 0.544. The second kappa shape index (κ2) is 6.13. The maximum absolute atomic E-state index is 12.5. The molecule has 0 fully saturated rings. The molecule has 0 aliphatic carbocycles. The van der Waals surface area contributed by atoms with Crippen molar-refractivity contribution in [1.29, 1.82) is 0 Å². The molecular formula is C14H12ClF3N2. The first-order valence-corrected chi connectivity index (χ1v) is 6.35. The summed E-state index contributed by atoms with van der Waals surface area (Å²) in [6.07, 6.45) is -2.92. The lowest BCUT2D eigenvalue weighted by molar-refractivity contribution is -0.137. The van der Waals surface area contributed by atoms with Crippen molar-refractivity contribution in [1.82, 2.24) is 4.98 Å². The molecule has 0 aliphatic rings. The van der Waals surface area contributed by atoms with Gasteiger partial charge in [0.05, 0.1) is 10.6 Å². The normalized spacial score (nSPS) is 11.4. The van der Waals surface area contributed by atoms with Crippen molar-refractivity contribution in [3.63, 3.8) is 0 Å². The summed E-state index contributed by atoms with van der Waals surface area (Å²) in [4.78, 5) is 3.71. The number of nitrogens with one attached hydrogen (secondary N) is 1. The molecule has 1 heterocycles. The van der Waals surface area contributed by atoms with Gasteiger partial charge in [-0.25, -0.2) is 4.98 Å². The first kappa shape index (κ1) is 14.7. The lowest BCUT2D eigenvalue weighted by Crippen LogP contribution is -2.09. The molecule has 0 saturated heterocycles. The largest absolute Gasteiger partial charge is 0.417 e. The van der Waals surface area contributed by atoms with Gasteiger partial charge in [-0.2, -0.15) is 13.2 Å². The minimum Gasteiger partial charge on any atom is -0.369 e. The zero-order valence-electron chi connectivity index (χ0n) is 10.4. The van der Waals surface area contributed by atoms with Crippen LogP contribution in [0.3, 0.4) is 0 Å². The van der Waals surface area contributed by atoms with Gasteiger partial charge in [0.2, 0.25) is 0 Å². The number of rotatable bonds is 4. The second-order valence-electron chi connectivity index (χ2n) is 4.21. The van der Waals surface area contributed by atoms with Gasteiger partial charge in [0.1, 0.15) is 5.82 Å². The molecular weight excluding hydrogens is 289 g/mol. The van der Waals surface area contributed by atoms with E-state index in [9.17, 15) is 13.2 Å². The van der Waals surface area contributed by atoms with E-state index in [1.165, 1.54) is 0 Å². The van der Waals surface area contributed by atoms with E-state index in [2.05, 4.69) is 10.3 Å². The predicted octanol–water partition coefficient (Wildman–Crippen LogP) is 4.41. The fourth-order valence-corrected chi connectivity index (χ4v) is 1.93. The lowest BCUT2D eigenvalue weighted by Gasteiger charge is -2.10. The van der Waals surface area contributed by atoms with Crippen LogP contribution in [0.1, 0.15) is 11.1 Å². The molecule has 0 amide bonds. The Hall–Kier alpha value is -1.75. The van der Waals surface area contributed by atoms with Gasteiger partial charge in [-0.3, -0.25) is 0 Å². The molecule has 0 bridgehead atoms. The third kappa shape index (κ3) is 3.87. The number of halogens is 4. The van der Waals surface area contributed by atoms with Crippen LogP contribution in [0.4, 0.5) is 19.0 Å². The van der Waals surface area contributed by atoms with Gasteiger partial charge in [-0.15, -0.1) is 0 Å². The highest BCUT2D eigenvalue weighted by atomic mass is 35.5. The van der Waals surface area contributed by atoms with Crippen molar-refractivity contribution >= 4 is 17.4 Å². The Bertz CT molecular complexity index is 570. The number of hydrogen-bond acceptors (Lipinski definition) is 2. The van der Waals surface area contributed by atoms with Crippen molar-refractivity contribution < 1.29 is 13.2 Å². The van der Waals surface area contributed by atoms with Crippen molar-refractivity contribution in [3.8, 4) is 0 Å². The van der Waals surface area contributed by atoms with Gasteiger partial charge in [0.15, 0.2) is 0 Å². The summed E-state index contributed by atoms with van der Waals surface area (Å²) in [5, 5.41) is 2.90. The van der Waals surface area contributed by atoms with Gasteiger partial charge < -0.3 is 5.32 Å². The SMILES string of the molecule is FC(F)(F)c1cnc(NCCc2ccccc2)c(Cl)c1. The summed E-state index contributed by atoms with van der Waals surface area (Å²) in [5.74, 6) is 0.260. The molecule has 106 valence electrons. The number of hydrogen-bond donors (Lipinski definition) is 1. The van der Waals surface area contributed by atoms with E-state index >= 15 is 0 Å². The smallest absolute Gasteiger partial charge is 0.369 e. The molecule has 2 aromatic rings. The van der Waals surface area contributed by atoms with Crippen LogP contribution in [0, 0.1) is 0 Å². The highest BCUT2D eigenvalue weighted by Crippen LogP contribution is 2.32. The maximum atomic E-state index is 12.5. The first-order valence-electron chi connectivity index (χ1n) is 5.97. The molecule has 2 nitrogen and oxygen atoms in total. The number of nitrogens with zero attached hydrogens (tertiary/aromatic N) is 1. The average molecular weight is 301 g/mol. The summed E-state index contributed by atoms with van der Waals surface area (Å²) < 4.78 is 37.4. The Labute approximate surface area is 119 Å². The van der Waals surface area contributed by atoms with E-state index in [1.807, 2.05) is 30.3 Å². The van der Waals surface area contributed by atoms with Crippen LogP contribution < -0.4 is 5.32 Å². The van der Waals surface area contributed by atoms with Gasteiger partial charge in [-0.1, -0.05) is 41.9 Å². The van der Waals surface area contributed by atoms with Crippen LogP contribution in [0.2, 0.25) is 5.02 Å². The molecule has 1 aromatic carbocycles. The van der Waals surface area contributed by atoms with E-state index in [4.69, 9.17) is 11.6 Å². The second-order valence-corrected chi connectivity index (χ2v) is 4.62. The van der Waals surface area contributed by atoms with Crippen LogP contribution >= 0.6 is 11.6 Å². The van der Waals surface area contributed by atoms with Crippen LogP contribution in [0.25, 0.3) is 0 Å². The molecule has 1 N–H and O–H groups in total. The molecule has 6 heteroatoms. The summed E-state index contributed by atoms with van der Waals surface area (Å²) >= 11 is 5.79. The van der Waals surface area contributed by atoms with E-state index in [1.54, 1.807) is 0 Å². The molecule has 0 radical (unpaired) electrons. The Morgan fingerprint density at radius 2 is 1.85 bits per heavy atom. The fraction of sp³-hybridized carbons (Fsp3) is 0.214. The zero-order chi connectivity index (χ0) is 14.6. The summed E-state index contributed by atoms with van der Waals surface area (Å²) in [6, 6.07) is 10.6. The average Bonchev–Trinajstić information content (AvgIpc) is 2.40. The summed E-state index contributed by atoms with van der Waals surface area (Å²) in [7, 11) is 0. The highest BCUT2D eigenvalue weighted by Gasteiger charge is 2.31. The molecule has 20 heavy (non-hydrogen) atoms. The fourth-order valence-electron chi connectivity index (χ4n) is 1.69. The zero-order valence-corrected chi connectivity index (χ0v) is 11.2. The van der Waals surface area contributed by atoms with Crippen LogP contribution in [-0.2, 0) is 12.6 Å². The van der Waals surface area contributed by atoms with E-state index in [0.29, 0.717) is 6.54 Å². The maximum Gasteiger partial charge on any atom is 0.417 e.